The van der Waals surface area contributed by atoms with Crippen molar-refractivity contribution < 1.29 is 13.5 Å². The molecule has 0 unspecified atom stereocenters. The zero-order chi connectivity index (χ0) is 14.0. The third-order valence-electron chi connectivity index (χ3n) is 3.04. The van der Waals surface area contributed by atoms with E-state index < -0.39 is 16.1 Å². The summed E-state index contributed by atoms with van der Waals surface area (Å²) >= 11 is 5.93. The number of nitrogens with zero attached hydrogens (tertiary/aromatic N) is 2. The van der Waals surface area contributed by atoms with Crippen molar-refractivity contribution in [2.75, 3.05) is 13.1 Å². The highest BCUT2D eigenvalue weighted by atomic mass is 35.5. The van der Waals surface area contributed by atoms with Gasteiger partial charge in [-0.3, -0.25) is 0 Å². The van der Waals surface area contributed by atoms with Crippen LogP contribution in [0.2, 0.25) is 5.02 Å². The van der Waals surface area contributed by atoms with Gasteiger partial charge in [0, 0.05) is 13.1 Å². The maximum atomic E-state index is 12.4. The molecule has 1 aliphatic rings. The molecule has 1 aliphatic heterocycles. The zero-order valence-electron chi connectivity index (χ0n) is 10.1. The first-order valence-electron chi connectivity index (χ1n) is 5.83. The van der Waals surface area contributed by atoms with Crippen LogP contribution in [-0.2, 0) is 10.0 Å². The second-order valence-corrected chi connectivity index (χ2v) is 6.73. The number of piperidine rings is 1. The summed E-state index contributed by atoms with van der Waals surface area (Å²) in [7, 11) is -3.72. The molecule has 1 aromatic rings. The fourth-order valence-corrected chi connectivity index (χ4v) is 4.09. The normalized spacial score (nSPS) is 21.0. The van der Waals surface area contributed by atoms with Crippen LogP contribution in [0.25, 0.3) is 0 Å². The molecule has 0 radical (unpaired) electrons. The van der Waals surface area contributed by atoms with E-state index >= 15 is 0 Å². The number of nitriles is 1. The predicted molar refractivity (Wildman–Crippen MR) is 70.2 cm³/mol. The van der Waals surface area contributed by atoms with Gasteiger partial charge in [-0.05, 0) is 31.0 Å². The minimum absolute atomic E-state index is 0.0257. The van der Waals surface area contributed by atoms with E-state index in [2.05, 4.69) is 0 Å². The number of hydrogen-bond acceptors (Lipinski definition) is 4. The molecule has 0 aromatic heterocycles. The first kappa shape index (κ1) is 14.3. The van der Waals surface area contributed by atoms with Crippen LogP contribution in [0, 0.1) is 11.3 Å². The van der Waals surface area contributed by atoms with Gasteiger partial charge < -0.3 is 5.11 Å². The van der Waals surface area contributed by atoms with Gasteiger partial charge in [0.15, 0.2) is 0 Å². The van der Waals surface area contributed by atoms with Crippen LogP contribution in [0.5, 0.6) is 0 Å². The van der Waals surface area contributed by atoms with Gasteiger partial charge in [0.2, 0.25) is 10.0 Å². The van der Waals surface area contributed by atoms with Gasteiger partial charge in [-0.1, -0.05) is 11.6 Å². The van der Waals surface area contributed by atoms with Gasteiger partial charge in [-0.2, -0.15) is 9.57 Å². The Morgan fingerprint density at radius 2 is 2.21 bits per heavy atom. The molecule has 19 heavy (non-hydrogen) atoms. The smallest absolute Gasteiger partial charge is 0.244 e. The molecule has 7 heteroatoms. The summed E-state index contributed by atoms with van der Waals surface area (Å²) in [5, 5.41) is 18.3. The summed E-state index contributed by atoms with van der Waals surface area (Å²) < 4.78 is 26.0. The van der Waals surface area contributed by atoms with Gasteiger partial charge in [0.25, 0.3) is 0 Å². The summed E-state index contributed by atoms with van der Waals surface area (Å²) in [5.41, 5.74) is 0.308. The number of rotatable bonds is 2. The third kappa shape index (κ3) is 2.90. The number of benzene rings is 1. The van der Waals surface area contributed by atoms with Crippen molar-refractivity contribution in [3.05, 3.63) is 28.8 Å². The van der Waals surface area contributed by atoms with E-state index in [-0.39, 0.29) is 16.5 Å². The van der Waals surface area contributed by atoms with E-state index in [1.54, 1.807) is 0 Å². The molecule has 0 bridgehead atoms. The Labute approximate surface area is 117 Å². The molecule has 0 saturated carbocycles. The van der Waals surface area contributed by atoms with Crippen molar-refractivity contribution in [2.24, 2.45) is 0 Å². The minimum atomic E-state index is -3.72. The molecule has 1 heterocycles. The van der Waals surface area contributed by atoms with Gasteiger partial charge in [0.1, 0.15) is 4.90 Å². The van der Waals surface area contributed by atoms with Gasteiger partial charge in [0.05, 0.1) is 22.8 Å². The molecule has 1 atom stereocenters. The monoisotopic (exact) mass is 300 g/mol. The van der Waals surface area contributed by atoms with Crippen molar-refractivity contribution in [1.82, 2.24) is 4.31 Å². The second kappa shape index (κ2) is 5.47. The maximum Gasteiger partial charge on any atom is 0.244 e. The molecule has 2 rings (SSSR count). The molecule has 1 aromatic carbocycles. The lowest BCUT2D eigenvalue weighted by atomic mass is 10.1. The fraction of sp³-hybridized carbons (Fsp3) is 0.417. The Morgan fingerprint density at radius 3 is 2.79 bits per heavy atom. The highest BCUT2D eigenvalue weighted by molar-refractivity contribution is 7.89. The van der Waals surface area contributed by atoms with Crippen LogP contribution < -0.4 is 0 Å². The summed E-state index contributed by atoms with van der Waals surface area (Å²) in [6.45, 7) is 0.453. The Kier molecular flexibility index (Phi) is 4.11. The molecule has 1 N–H and O–H groups in total. The molecule has 102 valence electrons. The first-order chi connectivity index (χ1) is 8.95. The largest absolute Gasteiger partial charge is 0.392 e. The molecular formula is C12H13ClN2O3S. The highest BCUT2D eigenvalue weighted by Crippen LogP contribution is 2.27. The lowest BCUT2D eigenvalue weighted by Gasteiger charge is -2.29. The van der Waals surface area contributed by atoms with Crippen LogP contribution in [0.1, 0.15) is 18.4 Å². The van der Waals surface area contributed by atoms with E-state index in [1.165, 1.54) is 22.5 Å². The first-order valence-corrected chi connectivity index (χ1v) is 7.65. The van der Waals surface area contributed by atoms with Crippen molar-refractivity contribution in [3.63, 3.8) is 0 Å². The summed E-state index contributed by atoms with van der Waals surface area (Å²) in [6, 6.07) is 5.97. The van der Waals surface area contributed by atoms with Crippen molar-refractivity contribution >= 4 is 21.6 Å². The Balaban J connectivity index is 2.37. The molecule has 0 aliphatic carbocycles. The van der Waals surface area contributed by atoms with Gasteiger partial charge in [-0.15, -0.1) is 0 Å². The van der Waals surface area contributed by atoms with E-state index in [0.29, 0.717) is 24.9 Å². The SMILES string of the molecule is N#Cc1ccc(S(=O)(=O)N2CCC[C@H](O)C2)c(Cl)c1. The molecule has 0 amide bonds. The average Bonchev–Trinajstić information content (AvgIpc) is 2.38. The van der Waals surface area contributed by atoms with Gasteiger partial charge in [-0.25, -0.2) is 8.42 Å². The van der Waals surface area contributed by atoms with E-state index in [9.17, 15) is 13.5 Å². The zero-order valence-corrected chi connectivity index (χ0v) is 11.7. The molecule has 1 saturated heterocycles. The Bertz CT molecular complexity index is 624. The number of β-amino-alcohol motifs (C(OH)–C–C–N with tert-alkyl or cyclic N) is 1. The highest BCUT2D eigenvalue weighted by Gasteiger charge is 2.30. The number of halogens is 1. The topological polar surface area (TPSA) is 81.4 Å². The lowest BCUT2D eigenvalue weighted by Crippen LogP contribution is -2.42. The van der Waals surface area contributed by atoms with Crippen molar-refractivity contribution in [2.45, 2.75) is 23.8 Å². The second-order valence-electron chi connectivity index (χ2n) is 4.42. The summed E-state index contributed by atoms with van der Waals surface area (Å²) in [5.74, 6) is 0. The lowest BCUT2D eigenvalue weighted by molar-refractivity contribution is 0.108. The van der Waals surface area contributed by atoms with Gasteiger partial charge >= 0.3 is 0 Å². The minimum Gasteiger partial charge on any atom is -0.392 e. The predicted octanol–water partition coefficient (Wildman–Crippen LogP) is 1.36. The maximum absolute atomic E-state index is 12.4. The molecule has 0 spiro atoms. The van der Waals surface area contributed by atoms with E-state index in [4.69, 9.17) is 16.9 Å². The fourth-order valence-electron chi connectivity index (χ4n) is 2.06. The van der Waals surface area contributed by atoms with Crippen LogP contribution in [0.4, 0.5) is 0 Å². The van der Waals surface area contributed by atoms with Crippen molar-refractivity contribution in [1.29, 1.82) is 5.26 Å². The Morgan fingerprint density at radius 1 is 1.47 bits per heavy atom. The summed E-state index contributed by atoms with van der Waals surface area (Å²) in [4.78, 5) is -0.0257. The van der Waals surface area contributed by atoms with Crippen LogP contribution in [0.15, 0.2) is 23.1 Å². The Hall–Kier alpha value is -1.13. The molecule has 5 nitrogen and oxygen atoms in total. The third-order valence-corrected chi connectivity index (χ3v) is 5.39. The van der Waals surface area contributed by atoms with Crippen molar-refractivity contribution in [3.8, 4) is 6.07 Å². The summed E-state index contributed by atoms with van der Waals surface area (Å²) in [6.07, 6.45) is 0.585. The molecule has 1 fully saturated rings. The van der Waals surface area contributed by atoms with Crippen LogP contribution in [0.3, 0.4) is 0 Å². The number of aliphatic hydroxyl groups excluding tert-OH is 1. The standard InChI is InChI=1S/C12H13ClN2O3S/c13-11-6-9(7-14)3-4-12(11)19(17,18)15-5-1-2-10(16)8-15/h3-4,6,10,16H,1-2,5,8H2/t10-/m0/s1. The van der Waals surface area contributed by atoms with E-state index in [1.807, 2.05) is 6.07 Å². The number of aliphatic hydroxyl groups is 1. The van der Waals surface area contributed by atoms with Crippen LogP contribution >= 0.6 is 11.6 Å². The molecular weight excluding hydrogens is 288 g/mol. The number of hydrogen-bond donors (Lipinski definition) is 1. The quantitative estimate of drug-likeness (QED) is 0.894. The van der Waals surface area contributed by atoms with E-state index in [0.717, 1.165) is 0 Å². The van der Waals surface area contributed by atoms with Crippen LogP contribution in [-0.4, -0.2) is 37.0 Å². The average molecular weight is 301 g/mol. The number of sulfonamides is 1.